The van der Waals surface area contributed by atoms with Gasteiger partial charge >= 0.3 is 0 Å². The zero-order chi connectivity index (χ0) is 25.9. The Labute approximate surface area is 217 Å². The fraction of sp³-hybridized carbons (Fsp3) is 0.423. The van der Waals surface area contributed by atoms with Crippen molar-refractivity contribution in [1.29, 1.82) is 0 Å². The molecular formula is C26H28FN7O2S. The minimum atomic E-state index is -1.21. The minimum Gasteiger partial charge on any atom is -0.384 e. The molecule has 1 saturated heterocycles. The normalized spacial score (nSPS) is 16.2. The Kier molecular flexibility index (Phi) is 5.81. The van der Waals surface area contributed by atoms with Gasteiger partial charge in [-0.05, 0) is 69.3 Å². The van der Waals surface area contributed by atoms with E-state index in [1.807, 2.05) is 20.2 Å². The van der Waals surface area contributed by atoms with Crippen molar-refractivity contribution in [2.45, 2.75) is 45.3 Å². The zero-order valence-electron chi connectivity index (χ0n) is 21.1. The topological polar surface area (TPSA) is 104 Å². The molecule has 1 unspecified atom stereocenters. The number of pyridine rings is 2. The average molecular weight is 522 g/mol. The third kappa shape index (κ3) is 3.92. The Morgan fingerprint density at radius 2 is 2.03 bits per heavy atom. The molecule has 5 aromatic rings. The van der Waals surface area contributed by atoms with E-state index in [0.29, 0.717) is 24.6 Å². The summed E-state index contributed by atoms with van der Waals surface area (Å²) >= 11 is 1.30. The first-order valence-corrected chi connectivity index (χ1v) is 13.1. The van der Waals surface area contributed by atoms with E-state index in [4.69, 9.17) is 9.72 Å². The number of hydrogen-bond acceptors (Lipinski definition) is 8. The summed E-state index contributed by atoms with van der Waals surface area (Å²) in [4.78, 5) is 9.41. The van der Waals surface area contributed by atoms with Crippen LogP contribution in [-0.4, -0.2) is 52.2 Å². The lowest BCUT2D eigenvalue weighted by Gasteiger charge is -2.32. The van der Waals surface area contributed by atoms with Gasteiger partial charge in [-0.2, -0.15) is 4.37 Å². The molecule has 0 bridgehead atoms. The SMILES string of the molecule is Cc1nnn(C)c1-c1cnc2c3snc(C(C)(C)O)c3n(C(c3ncccc3F)C3CCOCC3)c2c1. The second-order valence-electron chi connectivity index (χ2n) is 10.1. The Morgan fingerprint density at radius 1 is 1.24 bits per heavy atom. The quantitative estimate of drug-likeness (QED) is 0.362. The Bertz CT molecular complexity index is 1590. The van der Waals surface area contributed by atoms with Crippen LogP contribution in [0.25, 0.3) is 32.5 Å². The van der Waals surface area contributed by atoms with E-state index in [0.717, 1.165) is 51.0 Å². The van der Waals surface area contributed by atoms with E-state index in [1.165, 1.54) is 17.6 Å². The standard InChI is InChI=1S/C26H28FN7O2S/c1-14-21(33(4)32-30-14)16-12-18-20(29-13-16)24-23(25(31-37-24)26(2,3)35)34(18)22(15-7-10-36-11-8-15)19-17(27)6-5-9-28-19/h5-6,9,12-13,15,22,35H,7-8,10-11H2,1-4H3. The summed E-state index contributed by atoms with van der Waals surface area (Å²) in [6.45, 7) is 6.55. The molecule has 0 radical (unpaired) electrons. The number of hydrogen-bond donors (Lipinski definition) is 1. The molecule has 1 aliphatic heterocycles. The molecule has 9 nitrogen and oxygen atoms in total. The summed E-state index contributed by atoms with van der Waals surface area (Å²) < 4.78 is 30.5. The van der Waals surface area contributed by atoms with Crippen molar-refractivity contribution in [2.75, 3.05) is 13.2 Å². The molecule has 0 amide bonds. The first-order valence-electron chi connectivity index (χ1n) is 12.3. The Balaban J connectivity index is 1.72. The van der Waals surface area contributed by atoms with Gasteiger partial charge in [-0.3, -0.25) is 9.97 Å². The molecule has 6 heterocycles. The monoisotopic (exact) mass is 521 g/mol. The maximum absolute atomic E-state index is 15.5. The molecule has 11 heteroatoms. The third-order valence-corrected chi connectivity index (χ3v) is 8.00. The summed E-state index contributed by atoms with van der Waals surface area (Å²) in [5.74, 6) is -0.298. The molecule has 0 aliphatic carbocycles. The van der Waals surface area contributed by atoms with Crippen LogP contribution in [0.5, 0.6) is 0 Å². The second-order valence-corrected chi connectivity index (χ2v) is 10.9. The van der Waals surface area contributed by atoms with Crippen molar-refractivity contribution < 1.29 is 14.2 Å². The Morgan fingerprint density at radius 3 is 2.70 bits per heavy atom. The van der Waals surface area contributed by atoms with Crippen LogP contribution < -0.4 is 0 Å². The fourth-order valence-electron chi connectivity index (χ4n) is 5.48. The van der Waals surface area contributed by atoms with Gasteiger partial charge in [-0.25, -0.2) is 9.07 Å². The van der Waals surface area contributed by atoms with Crippen molar-refractivity contribution in [1.82, 2.24) is 33.9 Å². The molecule has 0 aromatic carbocycles. The highest BCUT2D eigenvalue weighted by molar-refractivity contribution is 7.14. The van der Waals surface area contributed by atoms with Crippen molar-refractivity contribution in [3.8, 4) is 11.3 Å². The summed E-state index contributed by atoms with van der Waals surface area (Å²) in [5, 5.41) is 19.5. The molecule has 0 spiro atoms. The van der Waals surface area contributed by atoms with Gasteiger partial charge in [0.15, 0.2) is 0 Å². The van der Waals surface area contributed by atoms with Gasteiger partial charge in [0.25, 0.3) is 0 Å². The maximum Gasteiger partial charge on any atom is 0.146 e. The fourth-order valence-corrected chi connectivity index (χ4v) is 6.49. The molecule has 0 saturated carbocycles. The van der Waals surface area contributed by atoms with E-state index < -0.39 is 11.6 Å². The smallest absolute Gasteiger partial charge is 0.146 e. The van der Waals surface area contributed by atoms with Gasteiger partial charge in [0.05, 0.1) is 38.9 Å². The molecule has 1 atom stereocenters. The van der Waals surface area contributed by atoms with Crippen LogP contribution in [0.15, 0.2) is 30.6 Å². The van der Waals surface area contributed by atoms with Gasteiger partial charge < -0.3 is 14.4 Å². The number of aliphatic hydroxyl groups is 1. The molecule has 1 N–H and O–H groups in total. The number of nitrogens with zero attached hydrogens (tertiary/aromatic N) is 7. The van der Waals surface area contributed by atoms with Gasteiger partial charge in [-0.15, -0.1) is 5.10 Å². The first kappa shape index (κ1) is 24.1. The van der Waals surface area contributed by atoms with E-state index >= 15 is 4.39 Å². The second kappa shape index (κ2) is 8.93. The largest absolute Gasteiger partial charge is 0.384 e. The van der Waals surface area contributed by atoms with Gasteiger partial charge in [0.2, 0.25) is 0 Å². The lowest BCUT2D eigenvalue weighted by atomic mass is 9.88. The van der Waals surface area contributed by atoms with Crippen molar-refractivity contribution in [3.63, 3.8) is 0 Å². The molecule has 37 heavy (non-hydrogen) atoms. The summed E-state index contributed by atoms with van der Waals surface area (Å²) in [6, 6.07) is 4.68. The van der Waals surface area contributed by atoms with E-state index in [9.17, 15) is 5.11 Å². The van der Waals surface area contributed by atoms with Crippen LogP contribution in [0.4, 0.5) is 4.39 Å². The number of ether oxygens (including phenoxy) is 1. The predicted molar refractivity (Wildman–Crippen MR) is 139 cm³/mol. The van der Waals surface area contributed by atoms with E-state index in [1.54, 1.807) is 30.8 Å². The lowest BCUT2D eigenvalue weighted by molar-refractivity contribution is 0.0538. The summed E-state index contributed by atoms with van der Waals surface area (Å²) in [7, 11) is 1.85. The summed E-state index contributed by atoms with van der Waals surface area (Å²) in [5.41, 5.74) is 4.55. The van der Waals surface area contributed by atoms with Crippen LogP contribution in [0.3, 0.4) is 0 Å². The lowest BCUT2D eigenvalue weighted by Crippen LogP contribution is -2.29. The number of halogens is 1. The molecule has 1 fully saturated rings. The van der Waals surface area contributed by atoms with Crippen LogP contribution in [0.1, 0.15) is 49.8 Å². The number of fused-ring (bicyclic) bond motifs is 3. The predicted octanol–water partition coefficient (Wildman–Crippen LogP) is 4.53. The van der Waals surface area contributed by atoms with Crippen molar-refractivity contribution >= 4 is 32.8 Å². The zero-order valence-corrected chi connectivity index (χ0v) is 22.0. The molecule has 192 valence electrons. The van der Waals surface area contributed by atoms with Crippen LogP contribution in [0.2, 0.25) is 0 Å². The number of rotatable bonds is 5. The highest BCUT2D eigenvalue weighted by Crippen LogP contribution is 2.44. The van der Waals surface area contributed by atoms with Gasteiger partial charge in [0, 0.05) is 38.2 Å². The average Bonchev–Trinajstić information content (AvgIpc) is 3.54. The van der Waals surface area contributed by atoms with Crippen LogP contribution >= 0.6 is 11.5 Å². The third-order valence-electron chi connectivity index (χ3n) is 7.16. The molecular weight excluding hydrogens is 493 g/mol. The van der Waals surface area contributed by atoms with Crippen molar-refractivity contribution in [3.05, 3.63) is 53.5 Å². The van der Waals surface area contributed by atoms with E-state index in [2.05, 4.69) is 30.3 Å². The van der Waals surface area contributed by atoms with E-state index in [-0.39, 0.29) is 11.7 Å². The summed E-state index contributed by atoms with van der Waals surface area (Å²) in [6.07, 6.45) is 4.96. The van der Waals surface area contributed by atoms with Crippen molar-refractivity contribution in [2.24, 2.45) is 13.0 Å². The molecule has 1 aliphatic rings. The van der Waals surface area contributed by atoms with Gasteiger partial charge in [0.1, 0.15) is 22.6 Å². The van der Waals surface area contributed by atoms with Crippen LogP contribution in [-0.2, 0) is 17.4 Å². The molecule has 5 aromatic heterocycles. The highest BCUT2D eigenvalue weighted by Gasteiger charge is 2.36. The van der Waals surface area contributed by atoms with Gasteiger partial charge in [-0.1, -0.05) is 5.21 Å². The first-order chi connectivity index (χ1) is 17.8. The highest BCUT2D eigenvalue weighted by atomic mass is 32.1. The number of aromatic nitrogens is 7. The molecule has 6 rings (SSSR count). The minimum absolute atomic E-state index is 0.0651. The maximum atomic E-state index is 15.5. The van der Waals surface area contributed by atoms with Crippen LogP contribution in [0, 0.1) is 18.7 Å². The Hall–Kier alpha value is -3.28. The number of aryl methyl sites for hydroxylation is 2.